The molecule has 0 rings (SSSR count). The van der Waals surface area contributed by atoms with Crippen LogP contribution < -0.4 is 10.9 Å². The average molecular weight is 377 g/mol. The Bertz CT molecular complexity index is 273. The molecule has 0 heterocycles. The Hall–Kier alpha value is -0.280. The van der Waals surface area contributed by atoms with Crippen LogP contribution in [-0.4, -0.2) is 12.5 Å². The smallest absolute Gasteiger partial charge is 0.234 e. The highest BCUT2D eigenvalue weighted by Gasteiger charge is 2.00. The number of carbonyl (C=O) groups is 1. The summed E-state index contributed by atoms with van der Waals surface area (Å²) in [6.07, 6.45) is 19.3. The number of halogens is 1. The Morgan fingerprint density at radius 1 is 0.760 bits per heavy atom. The van der Waals surface area contributed by atoms with E-state index in [1.54, 1.807) is 0 Å². The molecular formula is C21H45ClN2O. The molecule has 4 heteroatoms. The number of unbranched alkanes of at least 4 members (excludes halogenated alkanes) is 11. The number of amides is 1. The highest BCUT2D eigenvalue weighted by molar-refractivity contribution is 5.85. The van der Waals surface area contributed by atoms with Crippen molar-refractivity contribution in [2.24, 2.45) is 5.92 Å². The highest BCUT2D eigenvalue weighted by Crippen LogP contribution is 2.14. The molecule has 0 saturated heterocycles. The second-order valence-corrected chi connectivity index (χ2v) is 7.65. The molecule has 25 heavy (non-hydrogen) atoms. The Morgan fingerprint density at radius 2 is 1.20 bits per heavy atom. The minimum atomic E-state index is 0. The van der Waals surface area contributed by atoms with Gasteiger partial charge in [-0.15, -0.1) is 12.4 Å². The monoisotopic (exact) mass is 376 g/mol. The number of rotatable bonds is 18. The summed E-state index contributed by atoms with van der Waals surface area (Å²) in [4.78, 5) is 11.5. The highest BCUT2D eigenvalue weighted by atomic mass is 35.5. The molecule has 0 aliphatic heterocycles. The molecule has 0 aromatic carbocycles. The zero-order valence-corrected chi connectivity index (χ0v) is 18.0. The van der Waals surface area contributed by atoms with E-state index in [0.717, 1.165) is 25.3 Å². The Kier molecular flexibility index (Phi) is 23.5. The van der Waals surface area contributed by atoms with Crippen LogP contribution in [0.3, 0.4) is 0 Å². The quantitative estimate of drug-likeness (QED) is 0.210. The average Bonchev–Trinajstić information content (AvgIpc) is 2.55. The topological polar surface area (TPSA) is 41.1 Å². The van der Waals surface area contributed by atoms with Crippen molar-refractivity contribution in [2.45, 2.75) is 117 Å². The molecule has 3 nitrogen and oxygen atoms in total. The van der Waals surface area contributed by atoms with Crippen molar-refractivity contribution in [1.82, 2.24) is 10.9 Å². The van der Waals surface area contributed by atoms with Gasteiger partial charge in [0.1, 0.15) is 0 Å². The normalized spacial score (nSPS) is 10.7. The van der Waals surface area contributed by atoms with Gasteiger partial charge in [0.15, 0.2) is 0 Å². The second kappa shape index (κ2) is 21.8. The Balaban J connectivity index is 0. The minimum Gasteiger partial charge on any atom is -0.292 e. The van der Waals surface area contributed by atoms with Crippen LogP contribution in [0.15, 0.2) is 0 Å². The summed E-state index contributed by atoms with van der Waals surface area (Å²) in [7, 11) is 0. The minimum absolute atomic E-state index is 0. The van der Waals surface area contributed by atoms with Crippen LogP contribution in [0.1, 0.15) is 117 Å². The predicted molar refractivity (Wildman–Crippen MR) is 113 cm³/mol. The molecule has 152 valence electrons. The molecule has 0 spiro atoms. The molecule has 0 aliphatic rings. The first-order valence-corrected chi connectivity index (χ1v) is 10.7. The van der Waals surface area contributed by atoms with E-state index in [0.29, 0.717) is 6.42 Å². The summed E-state index contributed by atoms with van der Waals surface area (Å²) >= 11 is 0. The van der Waals surface area contributed by atoms with Gasteiger partial charge in [0.25, 0.3) is 0 Å². The van der Waals surface area contributed by atoms with Gasteiger partial charge >= 0.3 is 0 Å². The van der Waals surface area contributed by atoms with Gasteiger partial charge in [-0.1, -0.05) is 97.8 Å². The van der Waals surface area contributed by atoms with Crippen molar-refractivity contribution in [3.8, 4) is 0 Å². The number of carbonyl (C=O) groups excluding carboxylic acids is 1. The van der Waals surface area contributed by atoms with Crippen LogP contribution in [0.5, 0.6) is 0 Å². The molecule has 0 bridgehead atoms. The van der Waals surface area contributed by atoms with E-state index in [2.05, 4.69) is 31.6 Å². The molecule has 0 aliphatic carbocycles. The van der Waals surface area contributed by atoms with E-state index in [1.807, 2.05) is 0 Å². The Labute approximate surface area is 163 Å². The van der Waals surface area contributed by atoms with Crippen LogP contribution in [0, 0.1) is 5.92 Å². The predicted octanol–water partition coefficient (Wildman–Crippen LogP) is 6.56. The maximum Gasteiger partial charge on any atom is 0.234 e. The van der Waals surface area contributed by atoms with Crippen LogP contribution in [0.2, 0.25) is 0 Å². The molecule has 2 N–H and O–H groups in total. The summed E-state index contributed by atoms with van der Waals surface area (Å²) in [6.45, 7) is 7.58. The van der Waals surface area contributed by atoms with Crippen LogP contribution in [-0.2, 0) is 4.79 Å². The van der Waals surface area contributed by atoms with Crippen molar-refractivity contribution >= 4 is 18.3 Å². The van der Waals surface area contributed by atoms with Gasteiger partial charge in [-0.2, -0.15) is 0 Å². The second-order valence-electron chi connectivity index (χ2n) is 7.65. The van der Waals surface area contributed by atoms with E-state index in [9.17, 15) is 4.79 Å². The van der Waals surface area contributed by atoms with Crippen LogP contribution in [0.4, 0.5) is 0 Å². The molecule has 0 unspecified atom stereocenters. The van der Waals surface area contributed by atoms with Crippen LogP contribution >= 0.6 is 12.4 Å². The van der Waals surface area contributed by atoms with E-state index >= 15 is 0 Å². The third-order valence-corrected chi connectivity index (χ3v) is 4.54. The van der Waals surface area contributed by atoms with Crippen LogP contribution in [0.25, 0.3) is 0 Å². The maximum atomic E-state index is 11.5. The molecule has 0 radical (unpaired) electrons. The first-order valence-electron chi connectivity index (χ1n) is 10.7. The molecule has 1 amide bonds. The molecule has 0 aromatic rings. The third kappa shape index (κ3) is 23.7. The fourth-order valence-corrected chi connectivity index (χ4v) is 2.95. The number of hydrogen-bond acceptors (Lipinski definition) is 2. The SMILES string of the molecule is CCCNNC(=O)CCCCCCCCCCCCCCC(C)C.Cl. The van der Waals surface area contributed by atoms with Crippen molar-refractivity contribution in [2.75, 3.05) is 6.54 Å². The lowest BCUT2D eigenvalue weighted by Crippen LogP contribution is -2.37. The summed E-state index contributed by atoms with van der Waals surface area (Å²) < 4.78 is 0. The van der Waals surface area contributed by atoms with Gasteiger partial charge in [0.05, 0.1) is 0 Å². The summed E-state index contributed by atoms with van der Waals surface area (Å²) in [5.41, 5.74) is 5.68. The summed E-state index contributed by atoms with van der Waals surface area (Å²) in [5, 5.41) is 0. The van der Waals surface area contributed by atoms with Crippen molar-refractivity contribution in [1.29, 1.82) is 0 Å². The summed E-state index contributed by atoms with van der Waals surface area (Å²) in [5.74, 6) is 1.01. The zero-order valence-electron chi connectivity index (χ0n) is 17.2. The first-order chi connectivity index (χ1) is 11.7. The molecule has 0 saturated carbocycles. The van der Waals surface area contributed by atoms with Crippen molar-refractivity contribution in [3.05, 3.63) is 0 Å². The molecule has 0 fully saturated rings. The van der Waals surface area contributed by atoms with Gasteiger partial charge < -0.3 is 0 Å². The van der Waals surface area contributed by atoms with E-state index in [1.165, 1.54) is 77.0 Å². The maximum absolute atomic E-state index is 11.5. The third-order valence-electron chi connectivity index (χ3n) is 4.54. The molecule has 0 aromatic heterocycles. The number of hydrogen-bond donors (Lipinski definition) is 2. The number of nitrogens with one attached hydrogen (secondary N) is 2. The largest absolute Gasteiger partial charge is 0.292 e. The lowest BCUT2D eigenvalue weighted by atomic mass is 10.0. The zero-order chi connectivity index (χ0) is 17.9. The molecule has 0 atom stereocenters. The van der Waals surface area contributed by atoms with E-state index in [4.69, 9.17) is 0 Å². The van der Waals surface area contributed by atoms with Gasteiger partial charge in [-0.25, -0.2) is 5.43 Å². The number of hydrazine groups is 1. The van der Waals surface area contributed by atoms with Gasteiger partial charge in [-0.3, -0.25) is 10.2 Å². The first kappa shape index (κ1) is 26.9. The van der Waals surface area contributed by atoms with Gasteiger partial charge in [0.2, 0.25) is 5.91 Å². The fraction of sp³-hybridized carbons (Fsp3) is 0.952. The van der Waals surface area contributed by atoms with Gasteiger partial charge in [0, 0.05) is 13.0 Å². The fourth-order valence-electron chi connectivity index (χ4n) is 2.95. The standard InChI is InChI=1S/C21H44N2O.ClH/c1-4-19-22-23-21(24)18-16-14-12-10-8-6-5-7-9-11-13-15-17-20(2)3;/h20,22H,4-19H2,1-3H3,(H,23,24);1H. The van der Waals surface area contributed by atoms with Gasteiger partial charge in [-0.05, 0) is 18.8 Å². The summed E-state index contributed by atoms with van der Waals surface area (Å²) in [6, 6.07) is 0. The van der Waals surface area contributed by atoms with E-state index in [-0.39, 0.29) is 18.3 Å². The van der Waals surface area contributed by atoms with E-state index < -0.39 is 0 Å². The lowest BCUT2D eigenvalue weighted by molar-refractivity contribution is -0.122. The van der Waals surface area contributed by atoms with Crippen molar-refractivity contribution < 1.29 is 4.79 Å². The Morgan fingerprint density at radius 3 is 1.64 bits per heavy atom. The molecular weight excluding hydrogens is 332 g/mol. The van der Waals surface area contributed by atoms with Crippen molar-refractivity contribution in [3.63, 3.8) is 0 Å². The lowest BCUT2D eigenvalue weighted by Gasteiger charge is -2.06.